The van der Waals surface area contributed by atoms with Gasteiger partial charge in [-0.1, -0.05) is 5.21 Å². The Labute approximate surface area is 186 Å². The monoisotopic (exact) mass is 443 g/mol. The van der Waals surface area contributed by atoms with E-state index in [1.807, 2.05) is 6.92 Å². The molecule has 10 heteroatoms. The van der Waals surface area contributed by atoms with Crippen molar-refractivity contribution >= 4 is 17.9 Å². The third-order valence-electron chi connectivity index (χ3n) is 6.17. The van der Waals surface area contributed by atoms with Crippen LogP contribution in [-0.2, 0) is 16.6 Å². The summed E-state index contributed by atoms with van der Waals surface area (Å²) in [7, 11) is 1.69. The van der Waals surface area contributed by atoms with Gasteiger partial charge in [0.1, 0.15) is 11.9 Å². The zero-order valence-electron chi connectivity index (χ0n) is 18.4. The van der Waals surface area contributed by atoms with E-state index in [-0.39, 0.29) is 18.1 Å². The molecule has 2 fully saturated rings. The third kappa shape index (κ3) is 5.00. The Bertz CT molecular complexity index is 985. The van der Waals surface area contributed by atoms with Gasteiger partial charge in [-0.25, -0.2) is 14.5 Å². The number of nitrogens with one attached hydrogen (secondary N) is 1. The molecule has 0 spiro atoms. The summed E-state index contributed by atoms with van der Waals surface area (Å²) >= 11 is 0. The lowest BCUT2D eigenvalue weighted by Crippen LogP contribution is -2.29. The van der Waals surface area contributed by atoms with Crippen molar-refractivity contribution in [1.29, 1.82) is 0 Å². The van der Waals surface area contributed by atoms with Crippen LogP contribution in [0.4, 0.5) is 10.6 Å². The number of carbonyl (C=O) groups is 2. The first-order chi connectivity index (χ1) is 15.4. The van der Waals surface area contributed by atoms with Crippen molar-refractivity contribution in [2.75, 3.05) is 5.32 Å². The van der Waals surface area contributed by atoms with Gasteiger partial charge in [0.2, 0.25) is 0 Å². The zero-order chi connectivity index (χ0) is 22.7. The van der Waals surface area contributed by atoms with Crippen LogP contribution in [0.1, 0.15) is 57.1 Å². The molecule has 0 aromatic carbocycles. The number of aliphatic carboxylic acids is 1. The summed E-state index contributed by atoms with van der Waals surface area (Å²) in [4.78, 5) is 28.2. The molecule has 0 aliphatic heterocycles. The first-order valence-electron chi connectivity index (χ1n) is 11.2. The number of hydrogen-bond donors (Lipinski definition) is 2. The maximum Gasteiger partial charge on any atom is 0.413 e. The van der Waals surface area contributed by atoms with E-state index in [2.05, 4.69) is 20.6 Å². The van der Waals surface area contributed by atoms with E-state index in [1.165, 1.54) is 4.68 Å². The number of carbonyl (C=O) groups excluding carboxylic acids is 1. The summed E-state index contributed by atoms with van der Waals surface area (Å²) in [5, 5.41) is 20.2. The summed E-state index contributed by atoms with van der Waals surface area (Å²) in [5.41, 5.74) is 1.64. The molecule has 2 atom stereocenters. The lowest BCUT2D eigenvalue weighted by molar-refractivity contribution is -0.143. The summed E-state index contributed by atoms with van der Waals surface area (Å²) in [6, 6.07) is 3.56. The molecular formula is C22H29N5O5. The van der Waals surface area contributed by atoms with Gasteiger partial charge >= 0.3 is 12.1 Å². The van der Waals surface area contributed by atoms with E-state index in [9.17, 15) is 14.7 Å². The van der Waals surface area contributed by atoms with E-state index in [0.717, 1.165) is 38.5 Å². The molecule has 0 radical (unpaired) electrons. The van der Waals surface area contributed by atoms with Gasteiger partial charge in [0, 0.05) is 7.05 Å². The average molecular weight is 444 g/mol. The second-order valence-electron chi connectivity index (χ2n) is 8.57. The van der Waals surface area contributed by atoms with Crippen molar-refractivity contribution in [2.45, 2.75) is 70.5 Å². The third-order valence-corrected chi connectivity index (χ3v) is 6.17. The Balaban J connectivity index is 1.46. The molecular weight excluding hydrogens is 414 g/mol. The molecule has 1 amide bonds. The molecule has 4 rings (SSSR count). The highest BCUT2D eigenvalue weighted by atomic mass is 16.6. The van der Waals surface area contributed by atoms with Gasteiger partial charge in [-0.15, -0.1) is 5.10 Å². The van der Waals surface area contributed by atoms with E-state index < -0.39 is 12.1 Å². The van der Waals surface area contributed by atoms with Crippen molar-refractivity contribution < 1.29 is 24.2 Å². The zero-order valence-corrected chi connectivity index (χ0v) is 18.4. The molecule has 2 aromatic heterocycles. The SMILES string of the molecule is Cc1nc(-c2nnn(C)c2NC(=O)OC2CCCC2)ccc1O[C@H]1CCC[C@H](C(=O)O)C1. The quantitative estimate of drug-likeness (QED) is 0.691. The predicted octanol–water partition coefficient (Wildman–Crippen LogP) is 3.70. The normalized spacial score (nSPS) is 21.3. The molecule has 0 unspecified atom stereocenters. The number of rotatable bonds is 6. The van der Waals surface area contributed by atoms with Gasteiger partial charge in [0.05, 0.1) is 23.4 Å². The van der Waals surface area contributed by atoms with Gasteiger partial charge in [0.15, 0.2) is 11.5 Å². The molecule has 32 heavy (non-hydrogen) atoms. The minimum absolute atomic E-state index is 0.0445. The fourth-order valence-electron chi connectivity index (χ4n) is 4.41. The maximum absolute atomic E-state index is 12.3. The fraction of sp³-hybridized carbons (Fsp3) is 0.591. The molecule has 10 nitrogen and oxygen atoms in total. The molecule has 2 N–H and O–H groups in total. The molecule has 2 saturated carbocycles. The number of nitrogens with zero attached hydrogens (tertiary/aromatic N) is 4. The molecule has 0 saturated heterocycles. The summed E-state index contributed by atoms with van der Waals surface area (Å²) < 4.78 is 13.0. The summed E-state index contributed by atoms with van der Waals surface area (Å²) in [6.07, 6.45) is 6.06. The molecule has 172 valence electrons. The van der Waals surface area contributed by atoms with Crippen molar-refractivity contribution in [3.05, 3.63) is 17.8 Å². The Morgan fingerprint density at radius 2 is 1.88 bits per heavy atom. The van der Waals surface area contributed by atoms with Crippen molar-refractivity contribution in [3.63, 3.8) is 0 Å². The number of hydrogen-bond acceptors (Lipinski definition) is 7. The summed E-state index contributed by atoms with van der Waals surface area (Å²) in [6.45, 7) is 1.83. The van der Waals surface area contributed by atoms with E-state index >= 15 is 0 Å². The standard InChI is InChI=1S/C22H29N5O5/c1-13-18(31-16-9-5-6-14(12-16)21(28)29)11-10-17(23-13)19-20(27(2)26-25-19)24-22(30)32-15-7-3-4-8-15/h10-11,14-16H,3-9,12H2,1-2H3,(H,24,30)(H,28,29)/t14-,16-/m0/s1. The van der Waals surface area contributed by atoms with Crippen LogP contribution in [-0.4, -0.2) is 49.4 Å². The Morgan fingerprint density at radius 1 is 1.12 bits per heavy atom. The predicted molar refractivity (Wildman–Crippen MR) is 115 cm³/mol. The lowest BCUT2D eigenvalue weighted by Gasteiger charge is -2.27. The largest absolute Gasteiger partial charge is 0.489 e. The number of amides is 1. The van der Waals surface area contributed by atoms with E-state index in [0.29, 0.717) is 41.5 Å². The second-order valence-corrected chi connectivity index (χ2v) is 8.57. The Morgan fingerprint density at radius 3 is 2.59 bits per heavy atom. The van der Waals surface area contributed by atoms with Gasteiger partial charge < -0.3 is 14.6 Å². The molecule has 2 heterocycles. The van der Waals surface area contributed by atoms with Crippen LogP contribution in [0.3, 0.4) is 0 Å². The number of aromatic nitrogens is 4. The first kappa shape index (κ1) is 22.0. The van der Waals surface area contributed by atoms with Crippen LogP contribution in [0, 0.1) is 12.8 Å². The maximum atomic E-state index is 12.3. The van der Waals surface area contributed by atoms with Crippen molar-refractivity contribution in [1.82, 2.24) is 20.0 Å². The van der Waals surface area contributed by atoms with Gasteiger partial charge in [-0.3, -0.25) is 10.1 Å². The molecule has 2 aromatic rings. The Hall–Kier alpha value is -3.17. The van der Waals surface area contributed by atoms with Gasteiger partial charge in [-0.05, 0) is 70.4 Å². The highest BCUT2D eigenvalue weighted by Gasteiger charge is 2.29. The van der Waals surface area contributed by atoms with Crippen LogP contribution < -0.4 is 10.1 Å². The minimum Gasteiger partial charge on any atom is -0.489 e. The van der Waals surface area contributed by atoms with E-state index in [1.54, 1.807) is 19.2 Å². The number of ether oxygens (including phenoxy) is 2. The number of carboxylic acids is 1. The molecule has 2 aliphatic rings. The van der Waals surface area contributed by atoms with Crippen LogP contribution in [0.25, 0.3) is 11.4 Å². The topological polar surface area (TPSA) is 128 Å². The van der Waals surface area contributed by atoms with Gasteiger partial charge in [-0.2, -0.15) is 0 Å². The van der Waals surface area contributed by atoms with Crippen LogP contribution in [0.15, 0.2) is 12.1 Å². The Kier molecular flexibility index (Phi) is 6.57. The second kappa shape index (κ2) is 9.54. The van der Waals surface area contributed by atoms with Crippen LogP contribution >= 0.6 is 0 Å². The van der Waals surface area contributed by atoms with Gasteiger partial charge in [0.25, 0.3) is 0 Å². The fourth-order valence-corrected chi connectivity index (χ4v) is 4.41. The number of carboxylic acid groups (broad SMARTS) is 1. The first-order valence-corrected chi connectivity index (χ1v) is 11.2. The van der Waals surface area contributed by atoms with Crippen molar-refractivity contribution in [2.24, 2.45) is 13.0 Å². The highest BCUT2D eigenvalue weighted by Crippen LogP contribution is 2.31. The van der Waals surface area contributed by atoms with Crippen molar-refractivity contribution in [3.8, 4) is 17.1 Å². The minimum atomic E-state index is -0.766. The molecule has 2 aliphatic carbocycles. The highest BCUT2D eigenvalue weighted by molar-refractivity contribution is 5.88. The van der Waals surface area contributed by atoms with E-state index in [4.69, 9.17) is 9.47 Å². The van der Waals surface area contributed by atoms with Crippen LogP contribution in [0.2, 0.25) is 0 Å². The van der Waals surface area contributed by atoms with Crippen LogP contribution in [0.5, 0.6) is 5.75 Å². The average Bonchev–Trinajstić information content (AvgIpc) is 3.40. The number of aryl methyl sites for hydroxylation is 2. The number of pyridine rings is 1. The smallest absolute Gasteiger partial charge is 0.413 e. The molecule has 0 bridgehead atoms. The summed E-state index contributed by atoms with van der Waals surface area (Å²) in [5.74, 6) is -0.106. The number of anilines is 1. The lowest BCUT2D eigenvalue weighted by atomic mass is 9.87.